The molecule has 0 atom stereocenters. The predicted octanol–water partition coefficient (Wildman–Crippen LogP) is 1.51. The zero-order chi connectivity index (χ0) is 15.5. The van der Waals surface area contributed by atoms with Crippen molar-refractivity contribution in [2.75, 3.05) is 32.9 Å². The minimum Gasteiger partial charge on any atom is -0.482 e. The lowest BCUT2D eigenvalue weighted by molar-refractivity contribution is -0.137. The van der Waals surface area contributed by atoms with Crippen LogP contribution in [0.1, 0.15) is 0 Å². The molecule has 0 saturated carbocycles. The molecule has 1 saturated heterocycles. The van der Waals surface area contributed by atoms with Crippen molar-refractivity contribution < 1.29 is 22.7 Å². The highest BCUT2D eigenvalue weighted by molar-refractivity contribution is 8.13. The number of benzene rings is 1. The second-order valence-electron chi connectivity index (χ2n) is 4.31. The van der Waals surface area contributed by atoms with Gasteiger partial charge < -0.3 is 14.4 Å². The highest BCUT2D eigenvalue weighted by Crippen LogP contribution is 2.29. The number of halogens is 2. The van der Waals surface area contributed by atoms with E-state index in [1.54, 1.807) is 4.90 Å². The highest BCUT2D eigenvalue weighted by atomic mass is 35.7. The molecule has 116 valence electrons. The average molecular weight is 354 g/mol. The van der Waals surface area contributed by atoms with Crippen LogP contribution in [0.25, 0.3) is 0 Å². The first-order valence-electron chi connectivity index (χ1n) is 6.10. The lowest BCUT2D eigenvalue weighted by atomic mass is 10.3. The summed E-state index contributed by atoms with van der Waals surface area (Å²) in [5.41, 5.74) is 0. The molecule has 0 radical (unpaired) electrons. The van der Waals surface area contributed by atoms with Crippen molar-refractivity contribution >= 4 is 37.2 Å². The Labute approximate surface area is 131 Å². The maximum atomic E-state index is 11.9. The third-order valence-corrected chi connectivity index (χ3v) is 4.46. The van der Waals surface area contributed by atoms with Gasteiger partial charge >= 0.3 is 0 Å². The van der Waals surface area contributed by atoms with E-state index >= 15 is 0 Å². The molecule has 0 bridgehead atoms. The first-order chi connectivity index (χ1) is 9.88. The van der Waals surface area contributed by atoms with Gasteiger partial charge in [0.25, 0.3) is 15.0 Å². The maximum Gasteiger partial charge on any atom is 0.265 e. The Hall–Kier alpha value is -1.02. The Kier molecular flexibility index (Phi) is 5.32. The third kappa shape index (κ3) is 4.47. The molecule has 0 spiro atoms. The minimum atomic E-state index is -4.01. The van der Waals surface area contributed by atoms with Gasteiger partial charge in [0.15, 0.2) is 6.61 Å². The number of hydrogen-bond donors (Lipinski definition) is 0. The molecule has 1 aliphatic heterocycles. The SMILES string of the molecule is O=C(COc1ccc(Cl)cc1S(=O)(=O)Cl)N1CCOCC1. The van der Waals surface area contributed by atoms with Crippen LogP contribution < -0.4 is 4.74 Å². The smallest absolute Gasteiger partial charge is 0.265 e. The first kappa shape index (κ1) is 16.4. The number of amides is 1. The largest absolute Gasteiger partial charge is 0.482 e. The van der Waals surface area contributed by atoms with Gasteiger partial charge in [-0.05, 0) is 18.2 Å². The Bertz CT molecular complexity index is 629. The molecular formula is C12H13Cl2NO5S. The molecule has 0 unspecified atom stereocenters. The van der Waals surface area contributed by atoms with Gasteiger partial charge in [0, 0.05) is 28.8 Å². The Morgan fingerprint density at radius 2 is 2.00 bits per heavy atom. The Morgan fingerprint density at radius 1 is 1.33 bits per heavy atom. The van der Waals surface area contributed by atoms with E-state index in [1.165, 1.54) is 18.2 Å². The van der Waals surface area contributed by atoms with Gasteiger partial charge in [-0.1, -0.05) is 11.6 Å². The number of carbonyl (C=O) groups is 1. The summed E-state index contributed by atoms with van der Waals surface area (Å²) in [4.78, 5) is 13.3. The van der Waals surface area contributed by atoms with Crippen molar-refractivity contribution in [3.05, 3.63) is 23.2 Å². The summed E-state index contributed by atoms with van der Waals surface area (Å²) >= 11 is 5.74. The van der Waals surface area contributed by atoms with Crippen LogP contribution in [0.15, 0.2) is 23.1 Å². The molecule has 2 rings (SSSR count). The number of nitrogens with zero attached hydrogens (tertiary/aromatic N) is 1. The van der Waals surface area contributed by atoms with Crippen LogP contribution >= 0.6 is 22.3 Å². The van der Waals surface area contributed by atoms with Gasteiger partial charge in [-0.25, -0.2) is 8.42 Å². The van der Waals surface area contributed by atoms with Gasteiger partial charge in [-0.2, -0.15) is 0 Å². The Morgan fingerprint density at radius 3 is 2.62 bits per heavy atom. The van der Waals surface area contributed by atoms with Crippen molar-refractivity contribution in [3.63, 3.8) is 0 Å². The summed E-state index contributed by atoms with van der Waals surface area (Å²) in [5, 5.41) is 0.209. The standard InChI is InChI=1S/C12H13Cl2NO5S/c13-9-1-2-10(11(7-9)21(14,17)18)20-8-12(16)15-3-5-19-6-4-15/h1-2,7H,3-6,8H2. The molecule has 0 N–H and O–H groups in total. The number of carbonyl (C=O) groups excluding carboxylic acids is 1. The van der Waals surface area contributed by atoms with Crippen molar-refractivity contribution in [1.82, 2.24) is 4.90 Å². The van der Waals surface area contributed by atoms with E-state index in [1.807, 2.05) is 0 Å². The molecule has 0 aliphatic carbocycles. The van der Waals surface area contributed by atoms with E-state index in [9.17, 15) is 13.2 Å². The van der Waals surface area contributed by atoms with E-state index in [0.29, 0.717) is 26.3 Å². The molecule has 21 heavy (non-hydrogen) atoms. The average Bonchev–Trinajstić information content (AvgIpc) is 2.45. The lowest BCUT2D eigenvalue weighted by Crippen LogP contribution is -2.43. The van der Waals surface area contributed by atoms with Crippen LogP contribution in [0.2, 0.25) is 5.02 Å². The minimum absolute atomic E-state index is 0.00369. The second kappa shape index (κ2) is 6.83. The quantitative estimate of drug-likeness (QED) is 0.767. The van der Waals surface area contributed by atoms with Crippen molar-refractivity contribution in [2.24, 2.45) is 0 Å². The van der Waals surface area contributed by atoms with Crippen molar-refractivity contribution in [1.29, 1.82) is 0 Å². The normalized spacial score (nSPS) is 15.8. The van der Waals surface area contributed by atoms with E-state index in [2.05, 4.69) is 0 Å². The van der Waals surface area contributed by atoms with Crippen molar-refractivity contribution in [2.45, 2.75) is 4.90 Å². The van der Waals surface area contributed by atoms with Gasteiger partial charge in [0.1, 0.15) is 10.6 Å². The summed E-state index contributed by atoms with van der Waals surface area (Å²) in [6, 6.07) is 4.00. The summed E-state index contributed by atoms with van der Waals surface area (Å²) in [7, 11) is 1.31. The number of hydrogen-bond acceptors (Lipinski definition) is 5. The first-order valence-corrected chi connectivity index (χ1v) is 8.79. The fourth-order valence-electron chi connectivity index (χ4n) is 1.84. The summed E-state index contributed by atoms with van der Waals surface area (Å²) in [5.74, 6) is -0.248. The van der Waals surface area contributed by atoms with Crippen LogP contribution in [0.5, 0.6) is 5.75 Å². The van der Waals surface area contributed by atoms with Gasteiger partial charge in [-0.15, -0.1) is 0 Å². The second-order valence-corrected chi connectivity index (χ2v) is 7.28. The number of morpholine rings is 1. The van der Waals surface area contributed by atoms with E-state index in [4.69, 9.17) is 31.8 Å². The molecule has 1 aromatic carbocycles. The van der Waals surface area contributed by atoms with Crippen molar-refractivity contribution in [3.8, 4) is 5.75 Å². The molecular weight excluding hydrogens is 341 g/mol. The topological polar surface area (TPSA) is 72.9 Å². The summed E-state index contributed by atoms with van der Waals surface area (Å²) in [6.45, 7) is 1.66. The van der Waals surface area contributed by atoms with Crippen LogP contribution in [0.4, 0.5) is 0 Å². The third-order valence-electron chi connectivity index (χ3n) is 2.88. The molecule has 9 heteroatoms. The highest BCUT2D eigenvalue weighted by Gasteiger charge is 2.21. The molecule has 0 aromatic heterocycles. The fraction of sp³-hybridized carbons (Fsp3) is 0.417. The zero-order valence-electron chi connectivity index (χ0n) is 10.9. The van der Waals surface area contributed by atoms with E-state index in [-0.39, 0.29) is 28.2 Å². The molecule has 1 aliphatic rings. The molecule has 1 aromatic rings. The van der Waals surface area contributed by atoms with E-state index < -0.39 is 9.05 Å². The van der Waals surface area contributed by atoms with Crippen LogP contribution in [0, 0.1) is 0 Å². The zero-order valence-corrected chi connectivity index (χ0v) is 13.2. The molecule has 1 fully saturated rings. The summed E-state index contributed by atoms with van der Waals surface area (Å²) < 4.78 is 33.4. The van der Waals surface area contributed by atoms with E-state index in [0.717, 1.165) is 0 Å². The van der Waals surface area contributed by atoms with Gasteiger partial charge in [0.2, 0.25) is 0 Å². The predicted molar refractivity (Wildman–Crippen MR) is 77.4 cm³/mol. The fourth-order valence-corrected chi connectivity index (χ4v) is 3.07. The van der Waals surface area contributed by atoms with Gasteiger partial charge in [0.05, 0.1) is 13.2 Å². The molecule has 1 amide bonds. The number of ether oxygens (including phenoxy) is 2. The summed E-state index contributed by atoms with van der Waals surface area (Å²) in [6.07, 6.45) is 0. The van der Waals surface area contributed by atoms with Crippen LogP contribution in [-0.4, -0.2) is 52.1 Å². The monoisotopic (exact) mass is 353 g/mol. The van der Waals surface area contributed by atoms with Crippen LogP contribution in [0.3, 0.4) is 0 Å². The Balaban J connectivity index is 2.08. The van der Waals surface area contributed by atoms with Crippen LogP contribution in [-0.2, 0) is 18.6 Å². The number of rotatable bonds is 4. The molecule has 6 nitrogen and oxygen atoms in total. The molecule has 1 heterocycles. The van der Waals surface area contributed by atoms with Gasteiger partial charge in [-0.3, -0.25) is 4.79 Å². The maximum absolute atomic E-state index is 11.9. The lowest BCUT2D eigenvalue weighted by Gasteiger charge is -2.26.